The second kappa shape index (κ2) is 7.60. The average Bonchev–Trinajstić information content (AvgIpc) is 3.02. The molecule has 1 heterocycles. The minimum Gasteiger partial charge on any atom is -0.457 e. The molecule has 1 saturated carbocycles. The predicted octanol–water partition coefficient (Wildman–Crippen LogP) is 3.12. The normalized spacial score (nSPS) is 17.6. The van der Waals surface area contributed by atoms with Gasteiger partial charge in [0.05, 0.1) is 6.61 Å². The van der Waals surface area contributed by atoms with Crippen LogP contribution in [0.2, 0.25) is 0 Å². The predicted molar refractivity (Wildman–Crippen MR) is 99.1 cm³/mol. The van der Waals surface area contributed by atoms with E-state index < -0.39 is 7.12 Å². The molecule has 1 fully saturated rings. The summed E-state index contributed by atoms with van der Waals surface area (Å²) in [6.45, 7) is 1.35. The fraction of sp³-hybridized carbons (Fsp3) is 0.400. The van der Waals surface area contributed by atoms with Crippen molar-refractivity contribution in [3.8, 4) is 11.5 Å². The highest BCUT2D eigenvalue weighted by Gasteiger charge is 2.27. The summed E-state index contributed by atoms with van der Waals surface area (Å²) in [5, 5.41) is 13.3. The Kier molecular flexibility index (Phi) is 5.06. The molecule has 0 atom stereocenters. The first-order chi connectivity index (χ1) is 12.3. The number of hydrogen-bond donors (Lipinski definition) is 2. The van der Waals surface area contributed by atoms with Crippen LogP contribution >= 0.6 is 0 Å². The highest BCUT2D eigenvalue weighted by Crippen LogP contribution is 2.24. The number of nitrogens with one attached hydrogen (secondary N) is 1. The molecule has 25 heavy (non-hydrogen) atoms. The van der Waals surface area contributed by atoms with Crippen molar-refractivity contribution in [1.82, 2.24) is 5.32 Å². The first-order valence-corrected chi connectivity index (χ1v) is 9.20. The Labute approximate surface area is 149 Å². The third kappa shape index (κ3) is 4.06. The molecule has 1 aliphatic carbocycles. The molecule has 2 aliphatic rings. The molecular formula is C20H24BNO3. The summed E-state index contributed by atoms with van der Waals surface area (Å²) in [5.74, 6) is 1.59. The average molecular weight is 337 g/mol. The van der Waals surface area contributed by atoms with E-state index in [9.17, 15) is 5.02 Å². The van der Waals surface area contributed by atoms with E-state index in [0.29, 0.717) is 12.6 Å². The molecule has 0 amide bonds. The lowest BCUT2D eigenvalue weighted by atomic mass is 9.80. The first-order valence-electron chi connectivity index (χ1n) is 9.20. The summed E-state index contributed by atoms with van der Waals surface area (Å²) in [6, 6.07) is 14.6. The molecule has 130 valence electrons. The van der Waals surface area contributed by atoms with E-state index >= 15 is 0 Å². The van der Waals surface area contributed by atoms with Crippen LogP contribution in [0.1, 0.15) is 43.2 Å². The van der Waals surface area contributed by atoms with Crippen molar-refractivity contribution >= 4 is 12.6 Å². The monoisotopic (exact) mass is 337 g/mol. The second-order valence-electron chi connectivity index (χ2n) is 6.99. The van der Waals surface area contributed by atoms with Gasteiger partial charge in [-0.05, 0) is 53.7 Å². The molecule has 0 aromatic heterocycles. The quantitative estimate of drug-likeness (QED) is 0.823. The summed E-state index contributed by atoms with van der Waals surface area (Å²) in [5.41, 5.74) is 3.10. The lowest BCUT2D eigenvalue weighted by Gasteiger charge is -2.22. The molecule has 0 spiro atoms. The van der Waals surface area contributed by atoms with Gasteiger partial charge in [-0.1, -0.05) is 37.5 Å². The first kappa shape index (κ1) is 16.6. The number of hydrogen-bond acceptors (Lipinski definition) is 4. The zero-order valence-corrected chi connectivity index (χ0v) is 14.4. The van der Waals surface area contributed by atoms with Crippen molar-refractivity contribution in [2.75, 3.05) is 0 Å². The van der Waals surface area contributed by atoms with Crippen LogP contribution in [0.4, 0.5) is 0 Å². The minimum atomic E-state index is -0.806. The van der Waals surface area contributed by atoms with Crippen LogP contribution in [-0.2, 0) is 17.8 Å². The van der Waals surface area contributed by atoms with Gasteiger partial charge in [0.25, 0.3) is 0 Å². The minimum absolute atomic E-state index is 0.430. The summed E-state index contributed by atoms with van der Waals surface area (Å²) in [7, 11) is -0.806. The van der Waals surface area contributed by atoms with Crippen LogP contribution < -0.4 is 15.5 Å². The number of fused-ring (bicyclic) bond motifs is 1. The highest BCUT2D eigenvalue weighted by atomic mass is 16.5. The van der Waals surface area contributed by atoms with E-state index in [0.717, 1.165) is 29.1 Å². The van der Waals surface area contributed by atoms with E-state index in [2.05, 4.69) is 17.4 Å². The van der Waals surface area contributed by atoms with Gasteiger partial charge in [0.15, 0.2) is 0 Å². The van der Waals surface area contributed by atoms with Crippen molar-refractivity contribution < 1.29 is 14.4 Å². The van der Waals surface area contributed by atoms with Crippen LogP contribution in [0.15, 0.2) is 42.5 Å². The van der Waals surface area contributed by atoms with Crippen molar-refractivity contribution in [2.24, 2.45) is 0 Å². The topological polar surface area (TPSA) is 50.7 Å². The zero-order valence-electron chi connectivity index (χ0n) is 14.4. The van der Waals surface area contributed by atoms with E-state index in [1.807, 2.05) is 30.3 Å². The van der Waals surface area contributed by atoms with Gasteiger partial charge in [-0.15, -0.1) is 0 Å². The fourth-order valence-corrected chi connectivity index (χ4v) is 3.65. The Balaban J connectivity index is 1.34. The maximum atomic E-state index is 9.67. The Hall–Kier alpha value is -1.82. The molecule has 2 aromatic rings. The van der Waals surface area contributed by atoms with Gasteiger partial charge in [-0.25, -0.2) is 0 Å². The largest absolute Gasteiger partial charge is 0.491 e. The molecular weight excluding hydrogens is 313 g/mol. The van der Waals surface area contributed by atoms with Crippen LogP contribution in [0, 0.1) is 0 Å². The molecule has 2 N–H and O–H groups in total. The molecule has 0 bridgehead atoms. The zero-order chi connectivity index (χ0) is 17.1. The van der Waals surface area contributed by atoms with E-state index in [1.165, 1.54) is 37.7 Å². The SMILES string of the molecule is OB1OCc2cc(Oc3ccc(CNC4CCCCC4)cc3)ccc21. The van der Waals surface area contributed by atoms with E-state index in [-0.39, 0.29) is 0 Å². The molecule has 5 heteroatoms. The Morgan fingerprint density at radius 2 is 1.80 bits per heavy atom. The molecule has 4 nitrogen and oxygen atoms in total. The summed E-state index contributed by atoms with van der Waals surface area (Å²) < 4.78 is 11.1. The Morgan fingerprint density at radius 1 is 1.04 bits per heavy atom. The van der Waals surface area contributed by atoms with Crippen LogP contribution in [0.3, 0.4) is 0 Å². The van der Waals surface area contributed by atoms with Gasteiger partial charge < -0.3 is 19.7 Å². The van der Waals surface area contributed by atoms with Gasteiger partial charge in [0.1, 0.15) is 11.5 Å². The fourth-order valence-electron chi connectivity index (χ4n) is 3.65. The maximum Gasteiger partial charge on any atom is 0.491 e. The smallest absolute Gasteiger partial charge is 0.457 e. The molecule has 2 aromatic carbocycles. The molecule has 0 saturated heterocycles. The van der Waals surface area contributed by atoms with Crippen LogP contribution in [0.25, 0.3) is 0 Å². The summed E-state index contributed by atoms with van der Waals surface area (Å²) >= 11 is 0. The number of benzene rings is 2. The van der Waals surface area contributed by atoms with Crippen molar-refractivity contribution in [2.45, 2.75) is 51.3 Å². The maximum absolute atomic E-state index is 9.67. The lowest BCUT2D eigenvalue weighted by molar-refractivity contribution is 0.275. The van der Waals surface area contributed by atoms with E-state index in [4.69, 9.17) is 9.39 Å². The summed E-state index contributed by atoms with van der Waals surface area (Å²) in [4.78, 5) is 0. The number of ether oxygens (including phenoxy) is 1. The summed E-state index contributed by atoms with van der Waals surface area (Å²) in [6.07, 6.45) is 6.70. The van der Waals surface area contributed by atoms with Crippen molar-refractivity contribution in [3.63, 3.8) is 0 Å². The third-order valence-electron chi connectivity index (χ3n) is 5.14. The van der Waals surface area contributed by atoms with Gasteiger partial charge in [0, 0.05) is 12.6 Å². The second-order valence-corrected chi connectivity index (χ2v) is 6.99. The molecule has 0 unspecified atom stereocenters. The van der Waals surface area contributed by atoms with Gasteiger partial charge in [-0.3, -0.25) is 0 Å². The Bertz CT molecular complexity index is 713. The molecule has 4 rings (SSSR count). The lowest BCUT2D eigenvalue weighted by Crippen LogP contribution is -2.30. The highest BCUT2D eigenvalue weighted by molar-refractivity contribution is 6.61. The van der Waals surface area contributed by atoms with Crippen LogP contribution in [0.5, 0.6) is 11.5 Å². The molecule has 1 aliphatic heterocycles. The van der Waals surface area contributed by atoms with Gasteiger partial charge >= 0.3 is 7.12 Å². The Morgan fingerprint density at radius 3 is 2.60 bits per heavy atom. The molecule has 0 radical (unpaired) electrons. The van der Waals surface area contributed by atoms with Crippen LogP contribution in [-0.4, -0.2) is 18.2 Å². The standard InChI is InChI=1S/C20H24BNO3/c23-21-20-11-10-19(12-16(20)14-24-21)25-18-8-6-15(7-9-18)13-22-17-4-2-1-3-5-17/h6-12,17,22-23H,1-5,13-14H2. The van der Waals surface area contributed by atoms with E-state index in [1.54, 1.807) is 0 Å². The van der Waals surface area contributed by atoms with Gasteiger partial charge in [0.2, 0.25) is 0 Å². The van der Waals surface area contributed by atoms with Crippen molar-refractivity contribution in [3.05, 3.63) is 53.6 Å². The van der Waals surface area contributed by atoms with Gasteiger partial charge in [-0.2, -0.15) is 0 Å². The third-order valence-corrected chi connectivity index (χ3v) is 5.14. The van der Waals surface area contributed by atoms with Crippen molar-refractivity contribution in [1.29, 1.82) is 0 Å². The number of rotatable bonds is 5.